The lowest BCUT2D eigenvalue weighted by atomic mass is 10.0. The summed E-state index contributed by atoms with van der Waals surface area (Å²) in [6.07, 6.45) is 0.584. The molecule has 12 nitrogen and oxygen atoms in total. The first-order valence-corrected chi connectivity index (χ1v) is 10.2. The number of carboxylic acid groups (broad SMARTS) is 2. The van der Waals surface area contributed by atoms with Gasteiger partial charge in [0.2, 0.25) is 17.7 Å². The molecular formula is C19H35N5O7. The van der Waals surface area contributed by atoms with Crippen molar-refractivity contribution in [2.75, 3.05) is 6.54 Å². The smallest absolute Gasteiger partial charge is 0.326 e. The zero-order chi connectivity index (χ0) is 24.1. The van der Waals surface area contributed by atoms with Gasteiger partial charge in [-0.05, 0) is 38.1 Å². The van der Waals surface area contributed by atoms with Crippen LogP contribution in [0.4, 0.5) is 0 Å². The molecule has 0 fully saturated rings. The van der Waals surface area contributed by atoms with E-state index in [4.69, 9.17) is 21.7 Å². The molecule has 0 saturated heterocycles. The van der Waals surface area contributed by atoms with Crippen molar-refractivity contribution in [1.29, 1.82) is 0 Å². The average Bonchev–Trinajstić information content (AvgIpc) is 2.68. The predicted molar refractivity (Wildman–Crippen MR) is 112 cm³/mol. The van der Waals surface area contributed by atoms with E-state index < -0.39 is 60.2 Å². The van der Waals surface area contributed by atoms with E-state index in [0.717, 1.165) is 6.42 Å². The Morgan fingerprint density at radius 2 is 1.32 bits per heavy atom. The lowest BCUT2D eigenvalue weighted by Gasteiger charge is -2.24. The van der Waals surface area contributed by atoms with Crippen molar-refractivity contribution in [2.45, 2.75) is 77.0 Å². The minimum absolute atomic E-state index is 0.00172. The van der Waals surface area contributed by atoms with Gasteiger partial charge in [-0.25, -0.2) is 4.79 Å². The minimum Gasteiger partial charge on any atom is -0.481 e. The van der Waals surface area contributed by atoms with Gasteiger partial charge in [0.05, 0.1) is 12.5 Å². The molecular weight excluding hydrogens is 410 g/mol. The number of carboxylic acids is 2. The van der Waals surface area contributed by atoms with Gasteiger partial charge in [-0.3, -0.25) is 19.2 Å². The zero-order valence-corrected chi connectivity index (χ0v) is 18.2. The number of amides is 3. The van der Waals surface area contributed by atoms with E-state index in [-0.39, 0.29) is 19.4 Å². The van der Waals surface area contributed by atoms with Crippen LogP contribution in [0.2, 0.25) is 0 Å². The molecule has 178 valence electrons. The normalized spacial score (nSPS) is 14.8. The molecule has 0 aromatic heterocycles. The average molecular weight is 446 g/mol. The Kier molecular flexibility index (Phi) is 13.0. The standard InChI is InChI=1S/C19H35N5O7/c1-4-12(22-16(27)11(21)6-5-10(2)3)17(28)23-13(7-8-20)18(29)24-14(19(30)31)9-15(25)26/h10-14H,4-9,20-21H2,1-3H3,(H,22,27)(H,23,28)(H,24,29)(H,25,26)(H,30,31)/t11-,12-,13-,14-/m0/s1. The van der Waals surface area contributed by atoms with Crippen molar-refractivity contribution in [3.63, 3.8) is 0 Å². The van der Waals surface area contributed by atoms with Gasteiger partial charge in [0.15, 0.2) is 0 Å². The molecule has 0 radical (unpaired) electrons. The number of aliphatic carboxylic acids is 2. The fourth-order valence-electron chi connectivity index (χ4n) is 2.63. The van der Waals surface area contributed by atoms with Gasteiger partial charge in [-0.2, -0.15) is 0 Å². The Hall–Kier alpha value is -2.73. The lowest BCUT2D eigenvalue weighted by Crippen LogP contribution is -2.57. The third-order valence-corrected chi connectivity index (χ3v) is 4.51. The van der Waals surface area contributed by atoms with E-state index in [0.29, 0.717) is 12.3 Å². The molecule has 0 rings (SSSR count). The maximum absolute atomic E-state index is 12.6. The summed E-state index contributed by atoms with van der Waals surface area (Å²) >= 11 is 0. The third-order valence-electron chi connectivity index (χ3n) is 4.51. The van der Waals surface area contributed by atoms with Crippen LogP contribution in [0.5, 0.6) is 0 Å². The van der Waals surface area contributed by atoms with Gasteiger partial charge in [-0.1, -0.05) is 20.8 Å². The fraction of sp³-hybridized carbons (Fsp3) is 0.737. The molecule has 0 bridgehead atoms. The Bertz CT molecular complexity index is 641. The maximum atomic E-state index is 12.6. The molecule has 31 heavy (non-hydrogen) atoms. The van der Waals surface area contributed by atoms with Gasteiger partial charge in [0.25, 0.3) is 0 Å². The van der Waals surface area contributed by atoms with E-state index in [1.165, 1.54) is 0 Å². The summed E-state index contributed by atoms with van der Waals surface area (Å²) in [4.78, 5) is 59.2. The molecule has 3 amide bonds. The Labute approximate surface area is 181 Å². The lowest BCUT2D eigenvalue weighted by molar-refractivity contribution is -0.147. The number of rotatable bonds is 15. The zero-order valence-electron chi connectivity index (χ0n) is 18.2. The van der Waals surface area contributed by atoms with Crippen molar-refractivity contribution in [2.24, 2.45) is 17.4 Å². The van der Waals surface area contributed by atoms with Gasteiger partial charge in [0.1, 0.15) is 18.1 Å². The molecule has 0 aliphatic heterocycles. The van der Waals surface area contributed by atoms with E-state index in [9.17, 15) is 24.0 Å². The second kappa shape index (κ2) is 14.3. The molecule has 0 aromatic rings. The second-order valence-corrected chi connectivity index (χ2v) is 7.68. The monoisotopic (exact) mass is 445 g/mol. The summed E-state index contributed by atoms with van der Waals surface area (Å²) in [5.41, 5.74) is 11.3. The molecule has 0 aliphatic carbocycles. The van der Waals surface area contributed by atoms with Crippen LogP contribution < -0.4 is 27.4 Å². The van der Waals surface area contributed by atoms with Gasteiger partial charge in [0, 0.05) is 0 Å². The molecule has 0 unspecified atom stereocenters. The van der Waals surface area contributed by atoms with Crippen molar-refractivity contribution in [3.05, 3.63) is 0 Å². The van der Waals surface area contributed by atoms with Gasteiger partial charge < -0.3 is 37.6 Å². The summed E-state index contributed by atoms with van der Waals surface area (Å²) in [7, 11) is 0. The molecule has 0 aliphatic rings. The minimum atomic E-state index is -1.66. The van der Waals surface area contributed by atoms with Crippen molar-refractivity contribution in [1.82, 2.24) is 16.0 Å². The van der Waals surface area contributed by atoms with Crippen LogP contribution in [-0.4, -0.2) is 70.6 Å². The second-order valence-electron chi connectivity index (χ2n) is 7.68. The van der Waals surface area contributed by atoms with E-state index in [1.807, 2.05) is 13.8 Å². The first-order chi connectivity index (χ1) is 14.4. The van der Waals surface area contributed by atoms with Crippen molar-refractivity contribution >= 4 is 29.7 Å². The van der Waals surface area contributed by atoms with Gasteiger partial charge >= 0.3 is 11.9 Å². The van der Waals surface area contributed by atoms with Crippen LogP contribution in [0.15, 0.2) is 0 Å². The number of carbonyl (C=O) groups excluding carboxylic acids is 3. The largest absolute Gasteiger partial charge is 0.481 e. The Morgan fingerprint density at radius 3 is 1.77 bits per heavy atom. The van der Waals surface area contributed by atoms with Crippen molar-refractivity contribution < 1.29 is 34.2 Å². The quantitative estimate of drug-likeness (QED) is 0.156. The third kappa shape index (κ3) is 11.3. The summed E-state index contributed by atoms with van der Waals surface area (Å²) in [5, 5.41) is 24.9. The summed E-state index contributed by atoms with van der Waals surface area (Å²) < 4.78 is 0. The maximum Gasteiger partial charge on any atom is 0.326 e. The van der Waals surface area contributed by atoms with Crippen LogP contribution in [0, 0.1) is 5.92 Å². The van der Waals surface area contributed by atoms with Crippen LogP contribution in [-0.2, 0) is 24.0 Å². The van der Waals surface area contributed by atoms with Crippen LogP contribution in [0.1, 0.15) is 52.9 Å². The highest BCUT2D eigenvalue weighted by Gasteiger charge is 2.30. The summed E-state index contributed by atoms with van der Waals surface area (Å²) in [6.45, 7) is 5.66. The topological polar surface area (TPSA) is 214 Å². The van der Waals surface area contributed by atoms with Crippen LogP contribution in [0.3, 0.4) is 0 Å². The Balaban J connectivity index is 5.09. The number of hydrogen-bond acceptors (Lipinski definition) is 7. The van der Waals surface area contributed by atoms with Crippen LogP contribution in [0.25, 0.3) is 0 Å². The molecule has 12 heteroatoms. The van der Waals surface area contributed by atoms with Gasteiger partial charge in [-0.15, -0.1) is 0 Å². The predicted octanol–water partition coefficient (Wildman–Crippen LogP) is -1.48. The van der Waals surface area contributed by atoms with Crippen molar-refractivity contribution in [3.8, 4) is 0 Å². The van der Waals surface area contributed by atoms with E-state index >= 15 is 0 Å². The van der Waals surface area contributed by atoms with E-state index in [1.54, 1.807) is 6.92 Å². The fourth-order valence-corrected chi connectivity index (χ4v) is 2.63. The number of hydrogen-bond donors (Lipinski definition) is 7. The van der Waals surface area contributed by atoms with E-state index in [2.05, 4.69) is 16.0 Å². The number of nitrogens with one attached hydrogen (secondary N) is 3. The summed E-state index contributed by atoms with van der Waals surface area (Å²) in [6, 6.07) is -4.60. The highest BCUT2D eigenvalue weighted by molar-refractivity contribution is 5.94. The molecule has 0 saturated carbocycles. The number of carbonyl (C=O) groups is 5. The SMILES string of the molecule is CC[C@H](NC(=O)[C@@H](N)CCC(C)C)C(=O)N[C@@H](CCN)C(=O)N[C@@H](CC(=O)O)C(=O)O. The summed E-state index contributed by atoms with van der Waals surface area (Å²) in [5.74, 6) is -4.60. The molecule has 4 atom stereocenters. The van der Waals surface area contributed by atoms with Crippen LogP contribution >= 0.6 is 0 Å². The Morgan fingerprint density at radius 1 is 0.806 bits per heavy atom. The first-order valence-electron chi connectivity index (χ1n) is 10.2. The highest BCUT2D eigenvalue weighted by Crippen LogP contribution is 2.06. The highest BCUT2D eigenvalue weighted by atomic mass is 16.4. The molecule has 0 heterocycles. The first kappa shape index (κ1) is 28.3. The molecule has 0 spiro atoms. The molecule has 9 N–H and O–H groups in total. The molecule has 0 aromatic carbocycles. The number of nitrogens with two attached hydrogens (primary N) is 2.